The molecule has 2 rings (SSSR count). The van der Waals surface area contributed by atoms with E-state index in [4.69, 9.17) is 15.7 Å². The van der Waals surface area contributed by atoms with E-state index in [1.807, 2.05) is 30.3 Å². The lowest BCUT2D eigenvalue weighted by atomic mass is 10.1. The molecule has 1 aromatic heterocycles. The van der Waals surface area contributed by atoms with Crippen LogP contribution in [0.15, 0.2) is 24.3 Å². The van der Waals surface area contributed by atoms with Crippen molar-refractivity contribution in [3.8, 4) is 11.8 Å². The quantitative estimate of drug-likeness (QED) is 0.832. The Hall–Kier alpha value is -2.48. The number of anilines is 1. The maximum atomic E-state index is 8.94. The molecule has 5 heteroatoms. The highest BCUT2D eigenvalue weighted by Crippen LogP contribution is 2.18. The molecule has 0 fully saturated rings. The van der Waals surface area contributed by atoms with Gasteiger partial charge in [0, 0.05) is 6.42 Å². The molecule has 2 aromatic rings. The lowest BCUT2D eigenvalue weighted by Gasteiger charge is -2.02. The van der Waals surface area contributed by atoms with Crippen molar-refractivity contribution in [1.29, 1.82) is 5.26 Å². The minimum absolute atomic E-state index is 0.246. The SMILES string of the molecule is COc1ccc(Cc2[nH]nc(N)c2C#N)cc1. The van der Waals surface area contributed by atoms with Gasteiger partial charge in [0.05, 0.1) is 12.8 Å². The van der Waals surface area contributed by atoms with E-state index in [0.717, 1.165) is 17.0 Å². The summed E-state index contributed by atoms with van der Waals surface area (Å²) in [5.74, 6) is 1.05. The van der Waals surface area contributed by atoms with Crippen molar-refractivity contribution in [3.63, 3.8) is 0 Å². The normalized spacial score (nSPS) is 9.88. The summed E-state index contributed by atoms with van der Waals surface area (Å²) >= 11 is 0. The van der Waals surface area contributed by atoms with Gasteiger partial charge in [0.1, 0.15) is 17.4 Å². The molecule has 0 saturated carbocycles. The van der Waals surface area contributed by atoms with Crippen molar-refractivity contribution in [3.05, 3.63) is 41.1 Å². The first kappa shape index (κ1) is 11.0. The number of nitrogen functional groups attached to an aromatic ring is 1. The molecule has 1 heterocycles. The molecule has 0 saturated heterocycles. The van der Waals surface area contributed by atoms with Gasteiger partial charge in [0.25, 0.3) is 0 Å². The van der Waals surface area contributed by atoms with Crippen molar-refractivity contribution in [2.75, 3.05) is 12.8 Å². The first-order chi connectivity index (χ1) is 8.24. The van der Waals surface area contributed by atoms with Crippen molar-refractivity contribution in [2.45, 2.75) is 6.42 Å². The topological polar surface area (TPSA) is 87.7 Å². The summed E-state index contributed by atoms with van der Waals surface area (Å²) in [5, 5.41) is 15.5. The minimum Gasteiger partial charge on any atom is -0.497 e. The van der Waals surface area contributed by atoms with E-state index >= 15 is 0 Å². The van der Waals surface area contributed by atoms with Crippen LogP contribution in [0, 0.1) is 11.3 Å². The second kappa shape index (κ2) is 4.58. The molecule has 17 heavy (non-hydrogen) atoms. The van der Waals surface area contributed by atoms with Crippen molar-refractivity contribution in [2.24, 2.45) is 0 Å². The molecule has 86 valence electrons. The van der Waals surface area contributed by atoms with E-state index < -0.39 is 0 Å². The monoisotopic (exact) mass is 228 g/mol. The Morgan fingerprint density at radius 1 is 1.41 bits per heavy atom. The van der Waals surface area contributed by atoms with Gasteiger partial charge in [-0.05, 0) is 17.7 Å². The summed E-state index contributed by atoms with van der Waals surface area (Å²) in [5.41, 5.74) is 7.78. The van der Waals surface area contributed by atoms with Crippen LogP contribution in [-0.2, 0) is 6.42 Å². The van der Waals surface area contributed by atoms with Crippen LogP contribution in [0.1, 0.15) is 16.8 Å². The minimum atomic E-state index is 0.246. The summed E-state index contributed by atoms with van der Waals surface area (Å²) in [6.45, 7) is 0. The van der Waals surface area contributed by atoms with Crippen molar-refractivity contribution < 1.29 is 4.74 Å². The van der Waals surface area contributed by atoms with Crippen molar-refractivity contribution >= 4 is 5.82 Å². The van der Waals surface area contributed by atoms with Gasteiger partial charge in [-0.3, -0.25) is 5.10 Å². The number of aromatic amines is 1. The zero-order valence-electron chi connectivity index (χ0n) is 9.40. The van der Waals surface area contributed by atoms with Gasteiger partial charge in [-0.25, -0.2) is 0 Å². The smallest absolute Gasteiger partial charge is 0.163 e. The Morgan fingerprint density at radius 3 is 2.71 bits per heavy atom. The lowest BCUT2D eigenvalue weighted by molar-refractivity contribution is 0.414. The molecular formula is C12H12N4O. The molecule has 0 spiro atoms. The van der Waals surface area contributed by atoms with E-state index in [-0.39, 0.29) is 5.82 Å². The fourth-order valence-electron chi connectivity index (χ4n) is 1.59. The van der Waals surface area contributed by atoms with Crippen LogP contribution in [-0.4, -0.2) is 17.3 Å². The molecule has 0 amide bonds. The fourth-order valence-corrected chi connectivity index (χ4v) is 1.59. The summed E-state index contributed by atoms with van der Waals surface area (Å²) in [7, 11) is 1.62. The second-order valence-corrected chi connectivity index (χ2v) is 3.60. The highest BCUT2D eigenvalue weighted by atomic mass is 16.5. The average Bonchev–Trinajstić information content (AvgIpc) is 2.71. The molecule has 1 aromatic carbocycles. The number of ether oxygens (including phenoxy) is 1. The molecular weight excluding hydrogens is 216 g/mol. The zero-order valence-corrected chi connectivity index (χ0v) is 9.40. The van der Waals surface area contributed by atoms with Crippen LogP contribution < -0.4 is 10.5 Å². The van der Waals surface area contributed by atoms with Crippen LogP contribution in [0.4, 0.5) is 5.82 Å². The predicted octanol–water partition coefficient (Wildman–Crippen LogP) is 1.46. The number of aromatic nitrogens is 2. The van der Waals surface area contributed by atoms with Crippen LogP contribution in [0.2, 0.25) is 0 Å². The number of H-pyrrole nitrogens is 1. The predicted molar refractivity (Wildman–Crippen MR) is 63.5 cm³/mol. The maximum absolute atomic E-state index is 8.94. The Morgan fingerprint density at radius 2 is 2.12 bits per heavy atom. The fraction of sp³-hybridized carbons (Fsp3) is 0.167. The number of methoxy groups -OCH3 is 1. The van der Waals surface area contributed by atoms with E-state index in [1.165, 1.54) is 0 Å². The number of nitrogens with one attached hydrogen (secondary N) is 1. The van der Waals surface area contributed by atoms with E-state index in [0.29, 0.717) is 12.0 Å². The number of nitrogens with zero attached hydrogens (tertiary/aromatic N) is 2. The first-order valence-corrected chi connectivity index (χ1v) is 5.10. The van der Waals surface area contributed by atoms with Gasteiger partial charge in [0.15, 0.2) is 5.82 Å². The van der Waals surface area contributed by atoms with Gasteiger partial charge in [-0.15, -0.1) is 0 Å². The van der Waals surface area contributed by atoms with E-state index in [2.05, 4.69) is 10.2 Å². The third-order valence-corrected chi connectivity index (χ3v) is 2.52. The van der Waals surface area contributed by atoms with Crippen LogP contribution in [0.25, 0.3) is 0 Å². The van der Waals surface area contributed by atoms with Gasteiger partial charge < -0.3 is 10.5 Å². The first-order valence-electron chi connectivity index (χ1n) is 5.10. The van der Waals surface area contributed by atoms with Crippen LogP contribution >= 0.6 is 0 Å². The number of nitriles is 1. The summed E-state index contributed by atoms with van der Waals surface area (Å²) in [6.07, 6.45) is 0.594. The summed E-state index contributed by atoms with van der Waals surface area (Å²) < 4.78 is 5.08. The zero-order chi connectivity index (χ0) is 12.3. The van der Waals surface area contributed by atoms with Crippen LogP contribution in [0.3, 0.4) is 0 Å². The van der Waals surface area contributed by atoms with E-state index in [9.17, 15) is 0 Å². The standard InChI is InChI=1S/C12H12N4O/c1-17-9-4-2-8(3-5-9)6-11-10(7-13)12(14)16-15-11/h2-5H,6H2,1H3,(H3,14,15,16). The molecule has 0 bridgehead atoms. The Labute approximate surface area is 98.8 Å². The number of nitrogens with two attached hydrogens (primary N) is 1. The molecule has 0 aliphatic carbocycles. The van der Waals surface area contributed by atoms with Gasteiger partial charge >= 0.3 is 0 Å². The Kier molecular flexibility index (Phi) is 2.97. The molecule has 0 radical (unpaired) electrons. The average molecular weight is 228 g/mol. The van der Waals surface area contributed by atoms with Gasteiger partial charge in [-0.1, -0.05) is 12.1 Å². The summed E-state index contributed by atoms with van der Waals surface area (Å²) in [6, 6.07) is 9.68. The maximum Gasteiger partial charge on any atom is 0.163 e. The number of hydrogen-bond acceptors (Lipinski definition) is 4. The number of rotatable bonds is 3. The second-order valence-electron chi connectivity index (χ2n) is 3.60. The molecule has 0 atom stereocenters. The highest BCUT2D eigenvalue weighted by Gasteiger charge is 2.10. The van der Waals surface area contributed by atoms with Gasteiger partial charge in [-0.2, -0.15) is 10.4 Å². The molecule has 3 N–H and O–H groups in total. The van der Waals surface area contributed by atoms with E-state index in [1.54, 1.807) is 7.11 Å². The Bertz CT molecular complexity index is 551. The molecule has 0 aliphatic rings. The Balaban J connectivity index is 2.23. The van der Waals surface area contributed by atoms with Gasteiger partial charge in [0.2, 0.25) is 0 Å². The lowest BCUT2D eigenvalue weighted by Crippen LogP contribution is -1.93. The molecule has 5 nitrogen and oxygen atoms in total. The third-order valence-electron chi connectivity index (χ3n) is 2.52. The molecule has 0 aliphatic heterocycles. The summed E-state index contributed by atoms with van der Waals surface area (Å²) in [4.78, 5) is 0. The van der Waals surface area contributed by atoms with Crippen molar-refractivity contribution in [1.82, 2.24) is 10.2 Å². The third kappa shape index (κ3) is 2.21. The van der Waals surface area contributed by atoms with Crippen LogP contribution in [0.5, 0.6) is 5.75 Å². The highest BCUT2D eigenvalue weighted by molar-refractivity contribution is 5.52. The largest absolute Gasteiger partial charge is 0.497 e. The molecule has 0 unspecified atom stereocenters. The number of hydrogen-bond donors (Lipinski definition) is 2. The number of benzene rings is 1.